The Labute approximate surface area is 118 Å². The number of aliphatic carboxylic acids is 1. The zero-order chi connectivity index (χ0) is 14.6. The molecule has 7 heteroatoms. The minimum Gasteiger partial charge on any atom is -0.481 e. The standard InChI is InChI=1S/C13H23N3O4/c1-2-3-15-12(19)10-7-20-5-4-16(10)13(6-11(17)18)8-14-9-13/h10,14H,2-9H2,1H3,(H,15,19)(H,17,18). The van der Waals surface area contributed by atoms with Crippen molar-refractivity contribution in [1.82, 2.24) is 15.5 Å². The maximum Gasteiger partial charge on any atom is 0.305 e. The highest BCUT2D eigenvalue weighted by Gasteiger charge is 2.49. The van der Waals surface area contributed by atoms with Gasteiger partial charge in [-0.1, -0.05) is 6.92 Å². The first-order valence-electron chi connectivity index (χ1n) is 7.14. The fourth-order valence-corrected chi connectivity index (χ4v) is 2.88. The van der Waals surface area contributed by atoms with Gasteiger partial charge in [0.25, 0.3) is 0 Å². The summed E-state index contributed by atoms with van der Waals surface area (Å²) in [5.74, 6) is -0.895. The van der Waals surface area contributed by atoms with Crippen LogP contribution in [0.2, 0.25) is 0 Å². The van der Waals surface area contributed by atoms with E-state index in [9.17, 15) is 9.59 Å². The van der Waals surface area contributed by atoms with Gasteiger partial charge in [-0.2, -0.15) is 0 Å². The van der Waals surface area contributed by atoms with E-state index in [1.807, 2.05) is 11.8 Å². The summed E-state index contributed by atoms with van der Waals surface area (Å²) in [7, 11) is 0. The second-order valence-corrected chi connectivity index (χ2v) is 5.47. The van der Waals surface area contributed by atoms with E-state index in [0.29, 0.717) is 39.4 Å². The van der Waals surface area contributed by atoms with Crippen LogP contribution < -0.4 is 10.6 Å². The molecule has 2 saturated heterocycles. The third kappa shape index (κ3) is 3.11. The smallest absolute Gasteiger partial charge is 0.305 e. The van der Waals surface area contributed by atoms with Gasteiger partial charge in [-0.05, 0) is 6.42 Å². The highest BCUT2D eigenvalue weighted by molar-refractivity contribution is 5.82. The zero-order valence-corrected chi connectivity index (χ0v) is 11.9. The molecule has 0 aromatic heterocycles. The van der Waals surface area contributed by atoms with Gasteiger partial charge in [0.05, 0.1) is 25.2 Å². The lowest BCUT2D eigenvalue weighted by molar-refractivity contribution is -0.153. The molecule has 0 bridgehead atoms. The number of ether oxygens (including phenoxy) is 1. The molecule has 20 heavy (non-hydrogen) atoms. The van der Waals surface area contributed by atoms with Crippen LogP contribution in [0.5, 0.6) is 0 Å². The molecule has 3 N–H and O–H groups in total. The molecule has 2 fully saturated rings. The second kappa shape index (κ2) is 6.51. The number of carbonyl (C=O) groups is 2. The van der Waals surface area contributed by atoms with Gasteiger partial charge in [0, 0.05) is 26.2 Å². The Bertz CT molecular complexity index is 371. The molecule has 114 valence electrons. The predicted octanol–water partition coefficient (Wildman–Crippen LogP) is -0.970. The van der Waals surface area contributed by atoms with Crippen LogP contribution in [0.15, 0.2) is 0 Å². The van der Waals surface area contributed by atoms with E-state index < -0.39 is 17.6 Å². The molecule has 0 aromatic carbocycles. The summed E-state index contributed by atoms with van der Waals surface area (Å²) in [6.07, 6.45) is 0.929. The van der Waals surface area contributed by atoms with Gasteiger partial charge in [-0.3, -0.25) is 14.5 Å². The number of hydrogen-bond acceptors (Lipinski definition) is 5. The molecule has 0 spiro atoms. The molecule has 2 rings (SSSR count). The van der Waals surface area contributed by atoms with Crippen molar-refractivity contribution < 1.29 is 19.4 Å². The maximum atomic E-state index is 12.2. The predicted molar refractivity (Wildman–Crippen MR) is 72.5 cm³/mol. The van der Waals surface area contributed by atoms with E-state index in [0.717, 1.165) is 6.42 Å². The highest BCUT2D eigenvalue weighted by Crippen LogP contribution is 2.28. The van der Waals surface area contributed by atoms with Crippen LogP contribution in [0.3, 0.4) is 0 Å². The van der Waals surface area contributed by atoms with Gasteiger partial charge in [-0.25, -0.2) is 0 Å². The van der Waals surface area contributed by atoms with Crippen molar-refractivity contribution in [2.24, 2.45) is 0 Å². The highest BCUT2D eigenvalue weighted by atomic mass is 16.5. The number of morpholine rings is 1. The zero-order valence-electron chi connectivity index (χ0n) is 11.9. The van der Waals surface area contributed by atoms with E-state index in [1.165, 1.54) is 0 Å². The first-order chi connectivity index (χ1) is 9.59. The Hall–Kier alpha value is -1.18. The average Bonchev–Trinajstić information content (AvgIpc) is 2.40. The Kier molecular flexibility index (Phi) is 4.95. The van der Waals surface area contributed by atoms with Gasteiger partial charge in [0.15, 0.2) is 0 Å². The molecular weight excluding hydrogens is 262 g/mol. The van der Waals surface area contributed by atoms with Crippen LogP contribution in [0.25, 0.3) is 0 Å². The summed E-state index contributed by atoms with van der Waals surface area (Å²) < 4.78 is 5.41. The molecule has 1 atom stereocenters. The topological polar surface area (TPSA) is 90.9 Å². The van der Waals surface area contributed by atoms with Crippen molar-refractivity contribution in [1.29, 1.82) is 0 Å². The van der Waals surface area contributed by atoms with E-state index in [2.05, 4.69) is 10.6 Å². The number of carbonyl (C=O) groups excluding carboxylic acids is 1. The number of nitrogens with zero attached hydrogens (tertiary/aromatic N) is 1. The summed E-state index contributed by atoms with van der Waals surface area (Å²) in [6, 6.07) is -0.392. The Morgan fingerprint density at radius 1 is 1.50 bits per heavy atom. The SMILES string of the molecule is CCCNC(=O)C1COCCN1C1(CC(=O)O)CNC1. The number of nitrogens with one attached hydrogen (secondary N) is 2. The summed E-state index contributed by atoms with van der Waals surface area (Å²) in [5, 5.41) is 15.1. The van der Waals surface area contributed by atoms with Crippen molar-refractivity contribution in [2.45, 2.75) is 31.3 Å². The van der Waals surface area contributed by atoms with Gasteiger partial charge in [0.1, 0.15) is 6.04 Å². The lowest BCUT2D eigenvalue weighted by Crippen LogP contribution is -2.74. The molecule has 2 aliphatic heterocycles. The minimum absolute atomic E-state index is 0.0531. The summed E-state index contributed by atoms with van der Waals surface area (Å²) in [6.45, 7) is 5.31. The normalized spacial score (nSPS) is 25.8. The van der Waals surface area contributed by atoms with Crippen LogP contribution in [0.1, 0.15) is 19.8 Å². The van der Waals surface area contributed by atoms with Crippen LogP contribution in [0.4, 0.5) is 0 Å². The van der Waals surface area contributed by atoms with Crippen LogP contribution >= 0.6 is 0 Å². The molecule has 2 aliphatic rings. The van der Waals surface area contributed by atoms with Gasteiger partial charge in [0.2, 0.25) is 5.91 Å². The van der Waals surface area contributed by atoms with Gasteiger partial charge in [-0.15, -0.1) is 0 Å². The molecule has 1 unspecified atom stereocenters. The number of rotatable bonds is 6. The summed E-state index contributed by atoms with van der Waals surface area (Å²) in [4.78, 5) is 25.4. The lowest BCUT2D eigenvalue weighted by Gasteiger charge is -2.53. The van der Waals surface area contributed by atoms with Gasteiger partial charge < -0.3 is 20.5 Å². The van der Waals surface area contributed by atoms with E-state index in [4.69, 9.17) is 9.84 Å². The average molecular weight is 285 g/mol. The fourth-order valence-electron chi connectivity index (χ4n) is 2.88. The van der Waals surface area contributed by atoms with Gasteiger partial charge >= 0.3 is 5.97 Å². The molecule has 0 aliphatic carbocycles. The Morgan fingerprint density at radius 3 is 2.80 bits per heavy atom. The number of carboxylic acid groups (broad SMARTS) is 1. The maximum absolute atomic E-state index is 12.2. The molecule has 7 nitrogen and oxygen atoms in total. The van der Waals surface area contributed by atoms with Crippen molar-refractivity contribution in [2.75, 3.05) is 39.4 Å². The molecular formula is C13H23N3O4. The largest absolute Gasteiger partial charge is 0.481 e. The lowest BCUT2D eigenvalue weighted by atomic mass is 9.84. The van der Waals surface area contributed by atoms with Crippen LogP contribution in [-0.4, -0.2) is 72.9 Å². The summed E-state index contributed by atoms with van der Waals surface area (Å²) >= 11 is 0. The minimum atomic E-state index is -0.828. The van der Waals surface area contributed by atoms with Crippen molar-refractivity contribution in [3.05, 3.63) is 0 Å². The van der Waals surface area contributed by atoms with Crippen molar-refractivity contribution in [3.8, 4) is 0 Å². The number of amides is 1. The Balaban J connectivity index is 2.09. The van der Waals surface area contributed by atoms with Crippen LogP contribution in [-0.2, 0) is 14.3 Å². The first-order valence-corrected chi connectivity index (χ1v) is 7.14. The number of hydrogen-bond donors (Lipinski definition) is 3. The van der Waals surface area contributed by atoms with Crippen LogP contribution in [0, 0.1) is 0 Å². The molecule has 0 radical (unpaired) electrons. The summed E-state index contributed by atoms with van der Waals surface area (Å²) in [5.41, 5.74) is -0.455. The van der Waals surface area contributed by atoms with E-state index in [-0.39, 0.29) is 12.3 Å². The monoisotopic (exact) mass is 285 g/mol. The molecule has 0 saturated carbocycles. The molecule has 1 amide bonds. The second-order valence-electron chi connectivity index (χ2n) is 5.47. The Morgan fingerprint density at radius 2 is 2.25 bits per heavy atom. The third-order valence-electron chi connectivity index (χ3n) is 3.98. The fraction of sp³-hybridized carbons (Fsp3) is 0.846. The number of carboxylic acids is 1. The molecule has 0 aromatic rings. The third-order valence-corrected chi connectivity index (χ3v) is 3.98. The van der Waals surface area contributed by atoms with Crippen molar-refractivity contribution in [3.63, 3.8) is 0 Å². The quantitative estimate of drug-likeness (QED) is 0.582. The van der Waals surface area contributed by atoms with E-state index in [1.54, 1.807) is 0 Å². The van der Waals surface area contributed by atoms with Crippen molar-refractivity contribution >= 4 is 11.9 Å². The first kappa shape index (κ1) is 15.2. The molecule has 2 heterocycles. The van der Waals surface area contributed by atoms with E-state index >= 15 is 0 Å².